The number of hydrogen-bond acceptors (Lipinski definition) is 4. The SMILES string of the molecule is CCC(O)C(O)C(O)CC.NP(=O)(O)O. The average Bonchev–Trinajstić information content (AvgIpc) is 2.11. The van der Waals surface area contributed by atoms with Crippen molar-refractivity contribution in [2.75, 3.05) is 0 Å². The number of aliphatic hydroxyl groups excluding tert-OH is 3. The van der Waals surface area contributed by atoms with E-state index in [2.05, 4.69) is 5.50 Å². The van der Waals surface area contributed by atoms with Crippen molar-refractivity contribution in [2.45, 2.75) is 45.0 Å². The molecular weight excluding hydrogens is 225 g/mol. The van der Waals surface area contributed by atoms with Gasteiger partial charge in [-0.3, -0.25) is 0 Å². The highest BCUT2D eigenvalue weighted by molar-refractivity contribution is 7.49. The van der Waals surface area contributed by atoms with Gasteiger partial charge in [0, 0.05) is 0 Å². The highest BCUT2D eigenvalue weighted by atomic mass is 31.2. The highest BCUT2D eigenvalue weighted by Crippen LogP contribution is 2.20. The van der Waals surface area contributed by atoms with E-state index in [9.17, 15) is 0 Å². The van der Waals surface area contributed by atoms with Crippen LogP contribution in [0.2, 0.25) is 0 Å². The van der Waals surface area contributed by atoms with Gasteiger partial charge in [-0.25, -0.2) is 10.1 Å². The maximum absolute atomic E-state index is 9.10. The first-order chi connectivity index (χ1) is 6.63. The summed E-state index contributed by atoms with van der Waals surface area (Å²) in [6.45, 7) is 3.52. The van der Waals surface area contributed by atoms with E-state index >= 15 is 0 Å². The van der Waals surface area contributed by atoms with E-state index in [1.165, 1.54) is 0 Å². The van der Waals surface area contributed by atoms with Crippen LogP contribution >= 0.6 is 7.75 Å². The van der Waals surface area contributed by atoms with Crippen LogP contribution in [0.25, 0.3) is 0 Å². The molecule has 0 radical (unpaired) electrons. The lowest BCUT2D eigenvalue weighted by molar-refractivity contribution is -0.0606. The molecule has 2 unspecified atom stereocenters. The number of hydrogen-bond donors (Lipinski definition) is 6. The van der Waals surface area contributed by atoms with Crippen molar-refractivity contribution in [3.63, 3.8) is 0 Å². The van der Waals surface area contributed by atoms with Crippen LogP contribution in [0.1, 0.15) is 26.7 Å². The summed E-state index contributed by atoms with van der Waals surface area (Å²) in [5.74, 6) is 0. The van der Waals surface area contributed by atoms with Crippen LogP contribution in [0.4, 0.5) is 0 Å². The molecule has 0 heterocycles. The molecule has 0 rings (SSSR count). The monoisotopic (exact) mass is 245 g/mol. The van der Waals surface area contributed by atoms with E-state index in [1.807, 2.05) is 0 Å². The summed E-state index contributed by atoms with van der Waals surface area (Å²) in [6, 6.07) is 0. The lowest BCUT2D eigenvalue weighted by atomic mass is 10.0. The second-order valence-electron chi connectivity index (χ2n) is 3.03. The molecule has 0 aliphatic carbocycles. The Labute approximate surface area is 88.8 Å². The molecule has 0 bridgehead atoms. The summed E-state index contributed by atoms with van der Waals surface area (Å²) in [5, 5.41) is 27.1. The second kappa shape index (κ2) is 8.18. The Morgan fingerprint density at radius 1 is 1.07 bits per heavy atom. The normalized spacial score (nSPS) is 17.3. The van der Waals surface area contributed by atoms with Gasteiger partial charge in [0.15, 0.2) is 0 Å². The van der Waals surface area contributed by atoms with Gasteiger partial charge >= 0.3 is 7.75 Å². The van der Waals surface area contributed by atoms with Gasteiger partial charge in [-0.1, -0.05) is 13.8 Å². The predicted molar refractivity (Wildman–Crippen MR) is 54.8 cm³/mol. The first-order valence-electron chi connectivity index (χ1n) is 4.51. The number of nitrogens with two attached hydrogens (primary N) is 1. The molecule has 0 aliphatic rings. The van der Waals surface area contributed by atoms with Crippen LogP contribution in [0.3, 0.4) is 0 Å². The predicted octanol–water partition coefficient (Wildman–Crippen LogP) is -1.07. The third-order valence-electron chi connectivity index (χ3n) is 1.63. The lowest BCUT2D eigenvalue weighted by Gasteiger charge is -2.20. The maximum atomic E-state index is 9.10. The second-order valence-corrected chi connectivity index (χ2v) is 4.21. The van der Waals surface area contributed by atoms with Crippen molar-refractivity contribution < 1.29 is 29.7 Å². The molecular formula is C7H20NO6P. The fourth-order valence-corrected chi connectivity index (χ4v) is 0.739. The van der Waals surface area contributed by atoms with Gasteiger partial charge in [0.2, 0.25) is 0 Å². The zero-order valence-electron chi connectivity index (χ0n) is 8.82. The first-order valence-corrected chi connectivity index (χ1v) is 6.19. The molecule has 0 aromatic heterocycles. The summed E-state index contributed by atoms with van der Waals surface area (Å²) in [5.41, 5.74) is 4.02. The molecule has 94 valence electrons. The molecule has 15 heavy (non-hydrogen) atoms. The Balaban J connectivity index is 0. The molecule has 0 saturated carbocycles. The Hall–Kier alpha value is -0.0100. The van der Waals surface area contributed by atoms with Gasteiger partial charge in [0.1, 0.15) is 6.10 Å². The smallest absolute Gasteiger partial charge is 0.390 e. The Bertz CT molecular complexity index is 178. The van der Waals surface area contributed by atoms with E-state index in [0.29, 0.717) is 12.8 Å². The minimum atomic E-state index is -4.14. The van der Waals surface area contributed by atoms with Crippen molar-refractivity contribution in [3.05, 3.63) is 0 Å². The quantitative estimate of drug-likeness (QED) is 0.346. The summed E-state index contributed by atoms with van der Waals surface area (Å²) in [4.78, 5) is 14.8. The molecule has 8 heteroatoms. The van der Waals surface area contributed by atoms with Crippen LogP contribution < -0.4 is 5.50 Å². The molecule has 7 nitrogen and oxygen atoms in total. The Morgan fingerprint density at radius 3 is 1.40 bits per heavy atom. The number of aliphatic hydroxyl groups is 3. The standard InChI is InChI=1S/C7H16O3.H4NO3P/c1-3-5(8)7(10)6(9)4-2;1-5(2,3)4/h5-10H,3-4H2,1-2H3;(H4,1,2,3,4). The van der Waals surface area contributed by atoms with Crippen LogP contribution in [0.15, 0.2) is 0 Å². The molecule has 0 saturated heterocycles. The highest BCUT2D eigenvalue weighted by Gasteiger charge is 2.20. The Kier molecular flexibility index (Phi) is 9.48. The minimum absolute atomic E-state index is 0.470. The average molecular weight is 245 g/mol. The van der Waals surface area contributed by atoms with Gasteiger partial charge in [-0.15, -0.1) is 0 Å². The van der Waals surface area contributed by atoms with E-state index in [0.717, 1.165) is 0 Å². The third kappa shape index (κ3) is 14.0. The van der Waals surface area contributed by atoms with Crippen molar-refractivity contribution >= 4 is 7.75 Å². The third-order valence-corrected chi connectivity index (χ3v) is 1.63. The van der Waals surface area contributed by atoms with Crippen molar-refractivity contribution in [2.24, 2.45) is 5.50 Å². The first kappa shape index (κ1) is 17.4. The van der Waals surface area contributed by atoms with Crippen LogP contribution in [-0.4, -0.2) is 43.4 Å². The Morgan fingerprint density at radius 2 is 1.27 bits per heavy atom. The van der Waals surface area contributed by atoms with Gasteiger partial charge in [-0.05, 0) is 12.8 Å². The molecule has 0 aromatic rings. The maximum Gasteiger partial charge on any atom is 0.397 e. The van der Waals surface area contributed by atoms with Crippen molar-refractivity contribution in [3.8, 4) is 0 Å². The summed E-state index contributed by atoms with van der Waals surface area (Å²) in [6.07, 6.45) is -1.64. The molecule has 0 amide bonds. The van der Waals surface area contributed by atoms with E-state index < -0.39 is 26.1 Å². The van der Waals surface area contributed by atoms with Gasteiger partial charge in [0.25, 0.3) is 0 Å². The van der Waals surface area contributed by atoms with Crippen LogP contribution in [0.5, 0.6) is 0 Å². The molecule has 0 aromatic carbocycles. The fraction of sp³-hybridized carbons (Fsp3) is 1.00. The summed E-state index contributed by atoms with van der Waals surface area (Å²) < 4.78 is 9.10. The topological polar surface area (TPSA) is 144 Å². The van der Waals surface area contributed by atoms with Crippen LogP contribution in [-0.2, 0) is 4.57 Å². The van der Waals surface area contributed by atoms with Gasteiger partial charge in [-0.2, -0.15) is 0 Å². The van der Waals surface area contributed by atoms with Crippen molar-refractivity contribution in [1.29, 1.82) is 0 Å². The summed E-state index contributed by atoms with van der Waals surface area (Å²) >= 11 is 0. The molecule has 2 atom stereocenters. The number of rotatable bonds is 4. The van der Waals surface area contributed by atoms with E-state index in [4.69, 9.17) is 29.7 Å². The molecule has 0 fully saturated rings. The molecule has 0 aliphatic heterocycles. The largest absolute Gasteiger partial charge is 0.397 e. The van der Waals surface area contributed by atoms with Crippen LogP contribution in [0, 0.1) is 0 Å². The minimum Gasteiger partial charge on any atom is -0.390 e. The zero-order chi connectivity index (χ0) is 12.6. The van der Waals surface area contributed by atoms with E-state index in [1.54, 1.807) is 13.8 Å². The fourth-order valence-electron chi connectivity index (χ4n) is 0.739. The zero-order valence-corrected chi connectivity index (χ0v) is 9.71. The summed E-state index contributed by atoms with van der Waals surface area (Å²) in [7, 11) is -4.14. The van der Waals surface area contributed by atoms with Gasteiger partial charge < -0.3 is 25.1 Å². The van der Waals surface area contributed by atoms with E-state index in [-0.39, 0.29) is 0 Å². The van der Waals surface area contributed by atoms with Crippen molar-refractivity contribution in [1.82, 2.24) is 0 Å². The van der Waals surface area contributed by atoms with Gasteiger partial charge in [0.05, 0.1) is 12.2 Å². The lowest BCUT2D eigenvalue weighted by Crippen LogP contribution is -2.36. The molecule has 0 spiro atoms. The molecule has 7 N–H and O–H groups in total.